The van der Waals surface area contributed by atoms with E-state index >= 15 is 0 Å². The van der Waals surface area contributed by atoms with E-state index in [0.717, 1.165) is 26.6 Å². The van der Waals surface area contributed by atoms with Crippen molar-refractivity contribution in [2.24, 2.45) is 0 Å². The summed E-state index contributed by atoms with van der Waals surface area (Å²) in [6.07, 6.45) is 1.45. The van der Waals surface area contributed by atoms with Crippen molar-refractivity contribution in [3.05, 3.63) is 89.8 Å². The summed E-state index contributed by atoms with van der Waals surface area (Å²) in [5.74, 6) is 1.03. The highest BCUT2D eigenvalue weighted by Crippen LogP contribution is 2.43. The zero-order valence-electron chi connectivity index (χ0n) is 14.5. The topological polar surface area (TPSA) is 47.2 Å². The Labute approximate surface area is 166 Å². The second-order valence-corrected chi connectivity index (χ2v) is 8.18. The number of amides is 1. The van der Waals surface area contributed by atoms with Gasteiger partial charge in [-0.25, -0.2) is 0 Å². The van der Waals surface area contributed by atoms with E-state index < -0.39 is 0 Å². The molecule has 4 rings (SSSR count). The Hall–Kier alpha value is -2.44. The van der Waals surface area contributed by atoms with Gasteiger partial charge in [0.15, 0.2) is 6.20 Å². The summed E-state index contributed by atoms with van der Waals surface area (Å²) in [6, 6.07) is 23.3. The first-order valence-corrected chi connectivity index (χ1v) is 10.6. The van der Waals surface area contributed by atoms with E-state index in [9.17, 15) is 10.0 Å². The van der Waals surface area contributed by atoms with Crippen LogP contribution in [0.3, 0.4) is 0 Å². The van der Waals surface area contributed by atoms with Crippen molar-refractivity contribution in [1.82, 2.24) is 0 Å². The van der Waals surface area contributed by atoms with Gasteiger partial charge in [0.1, 0.15) is 0 Å². The van der Waals surface area contributed by atoms with Gasteiger partial charge in [0.25, 0.3) is 5.03 Å². The third-order valence-corrected chi connectivity index (χ3v) is 6.56. The lowest BCUT2D eigenvalue weighted by molar-refractivity contribution is -0.645. The highest BCUT2D eigenvalue weighted by molar-refractivity contribution is 8.00. The number of fused-ring (bicyclic) bond motifs is 1. The molecule has 0 N–H and O–H groups in total. The molecule has 2 heterocycles. The molecule has 0 spiro atoms. The first-order valence-electron chi connectivity index (χ1n) is 8.64. The van der Waals surface area contributed by atoms with E-state index in [1.165, 1.54) is 18.0 Å². The molecule has 3 aromatic rings. The number of nitrogens with zero attached hydrogens (tertiary/aromatic N) is 2. The molecule has 0 bridgehead atoms. The van der Waals surface area contributed by atoms with Gasteiger partial charge >= 0.3 is 0 Å². The minimum absolute atomic E-state index is 0.00505. The summed E-state index contributed by atoms with van der Waals surface area (Å²) in [7, 11) is 0. The molecule has 0 fully saturated rings. The molecule has 1 atom stereocenters. The quantitative estimate of drug-likeness (QED) is 0.376. The Morgan fingerprint density at radius 2 is 1.81 bits per heavy atom. The summed E-state index contributed by atoms with van der Waals surface area (Å²) in [5.41, 5.74) is 2.06. The first kappa shape index (κ1) is 17.9. The second-order valence-electron chi connectivity index (χ2n) is 6.12. The van der Waals surface area contributed by atoms with Crippen molar-refractivity contribution in [3.63, 3.8) is 0 Å². The smallest absolute Gasteiger partial charge is 0.251 e. The van der Waals surface area contributed by atoms with Crippen LogP contribution >= 0.6 is 23.5 Å². The molecule has 27 heavy (non-hydrogen) atoms. The SMILES string of the molecule is O=C(CSc1cccc[n+]1[O-])N1c2ccccc2SCC1c1ccccc1. The Morgan fingerprint density at radius 1 is 1.07 bits per heavy atom. The lowest BCUT2D eigenvalue weighted by Gasteiger charge is -2.37. The number of hydrogen-bond donors (Lipinski definition) is 0. The number of benzene rings is 2. The van der Waals surface area contributed by atoms with Gasteiger partial charge in [-0.05, 0) is 35.5 Å². The molecule has 2 aromatic carbocycles. The zero-order valence-corrected chi connectivity index (χ0v) is 16.2. The molecule has 4 nitrogen and oxygen atoms in total. The van der Waals surface area contributed by atoms with Crippen molar-refractivity contribution in [2.45, 2.75) is 16.0 Å². The van der Waals surface area contributed by atoms with E-state index in [0.29, 0.717) is 5.03 Å². The van der Waals surface area contributed by atoms with Gasteiger partial charge in [0.05, 0.1) is 17.5 Å². The number of anilines is 1. The third-order valence-electron chi connectivity index (χ3n) is 4.42. The van der Waals surface area contributed by atoms with Crippen LogP contribution in [-0.2, 0) is 4.79 Å². The van der Waals surface area contributed by atoms with Crippen LogP contribution in [0.5, 0.6) is 0 Å². The van der Waals surface area contributed by atoms with Crippen LogP contribution in [0.25, 0.3) is 0 Å². The molecule has 136 valence electrons. The molecule has 1 unspecified atom stereocenters. The number of para-hydroxylation sites is 1. The minimum atomic E-state index is -0.0191. The highest BCUT2D eigenvalue weighted by Gasteiger charge is 2.32. The van der Waals surface area contributed by atoms with Crippen molar-refractivity contribution in [2.75, 3.05) is 16.4 Å². The van der Waals surface area contributed by atoms with Crippen molar-refractivity contribution in [1.29, 1.82) is 0 Å². The average molecular weight is 395 g/mol. The Morgan fingerprint density at radius 3 is 2.63 bits per heavy atom. The fourth-order valence-corrected chi connectivity index (χ4v) is 5.09. The summed E-state index contributed by atoms with van der Waals surface area (Å²) in [5, 5.41) is 12.4. The van der Waals surface area contributed by atoms with E-state index in [1.54, 1.807) is 30.0 Å². The molecule has 0 saturated carbocycles. The lowest BCUT2D eigenvalue weighted by Crippen LogP contribution is -2.40. The number of carbonyl (C=O) groups is 1. The van der Waals surface area contributed by atoms with Gasteiger partial charge in [-0.3, -0.25) is 4.79 Å². The van der Waals surface area contributed by atoms with Gasteiger partial charge in [-0.15, -0.1) is 11.8 Å². The average Bonchev–Trinajstić information content (AvgIpc) is 2.72. The lowest BCUT2D eigenvalue weighted by atomic mass is 10.1. The molecular formula is C21H18N2O2S2. The molecule has 0 radical (unpaired) electrons. The maximum Gasteiger partial charge on any atom is 0.251 e. The number of rotatable bonds is 4. The number of thioether (sulfide) groups is 2. The minimum Gasteiger partial charge on any atom is -0.618 e. The molecule has 0 saturated heterocycles. The molecule has 1 aliphatic rings. The number of aromatic nitrogens is 1. The largest absolute Gasteiger partial charge is 0.618 e. The van der Waals surface area contributed by atoms with Gasteiger partial charge < -0.3 is 10.1 Å². The van der Waals surface area contributed by atoms with E-state index in [4.69, 9.17) is 0 Å². The fraction of sp³-hybridized carbons (Fsp3) is 0.143. The molecule has 6 heteroatoms. The van der Waals surface area contributed by atoms with Crippen molar-refractivity contribution >= 4 is 35.1 Å². The van der Waals surface area contributed by atoms with Crippen molar-refractivity contribution in [3.8, 4) is 0 Å². The molecule has 1 aliphatic heterocycles. The summed E-state index contributed by atoms with van der Waals surface area (Å²) >= 11 is 3.05. The number of pyridine rings is 1. The van der Waals surface area contributed by atoms with E-state index in [-0.39, 0.29) is 17.7 Å². The van der Waals surface area contributed by atoms with Crippen LogP contribution in [0.1, 0.15) is 11.6 Å². The normalized spacial score (nSPS) is 16.0. The second kappa shape index (κ2) is 8.06. The van der Waals surface area contributed by atoms with Crippen LogP contribution in [0, 0.1) is 5.21 Å². The van der Waals surface area contributed by atoms with Crippen LogP contribution in [0.4, 0.5) is 5.69 Å². The van der Waals surface area contributed by atoms with Gasteiger partial charge in [-0.1, -0.05) is 42.5 Å². The van der Waals surface area contributed by atoms with Crippen molar-refractivity contribution < 1.29 is 9.52 Å². The molecule has 0 aliphatic carbocycles. The molecule has 1 amide bonds. The van der Waals surface area contributed by atoms with Crippen LogP contribution in [-0.4, -0.2) is 17.4 Å². The zero-order chi connectivity index (χ0) is 18.6. The first-order chi connectivity index (χ1) is 13.2. The number of carbonyl (C=O) groups excluding carboxylic acids is 1. The van der Waals surface area contributed by atoms with Gasteiger partial charge in [0, 0.05) is 22.8 Å². The Kier molecular flexibility index (Phi) is 5.36. The van der Waals surface area contributed by atoms with Crippen LogP contribution < -0.4 is 9.63 Å². The predicted octanol–water partition coefficient (Wildman–Crippen LogP) is 4.29. The number of hydrogen-bond acceptors (Lipinski definition) is 4. The molecular weight excluding hydrogens is 376 g/mol. The fourth-order valence-electron chi connectivity index (χ4n) is 3.15. The molecule has 1 aromatic heterocycles. The Bertz CT molecular complexity index is 950. The Balaban J connectivity index is 1.63. The maximum absolute atomic E-state index is 13.2. The monoisotopic (exact) mass is 394 g/mol. The third kappa shape index (κ3) is 3.82. The standard InChI is InChI=1S/C21H18N2O2S2/c24-20(15-27-21-12-6-7-13-22(21)25)23-17-10-4-5-11-19(17)26-14-18(23)16-8-2-1-3-9-16/h1-13,18H,14-15H2. The van der Waals surface area contributed by atoms with E-state index in [1.807, 2.05) is 41.3 Å². The maximum atomic E-state index is 13.2. The summed E-state index contributed by atoms with van der Waals surface area (Å²) < 4.78 is 0.798. The van der Waals surface area contributed by atoms with Crippen LogP contribution in [0.15, 0.2) is 88.9 Å². The van der Waals surface area contributed by atoms with E-state index in [2.05, 4.69) is 18.2 Å². The highest BCUT2D eigenvalue weighted by atomic mass is 32.2. The van der Waals surface area contributed by atoms with Gasteiger partial charge in [0.2, 0.25) is 5.91 Å². The van der Waals surface area contributed by atoms with Crippen LogP contribution in [0.2, 0.25) is 0 Å². The summed E-state index contributed by atoms with van der Waals surface area (Å²) in [6.45, 7) is 0. The van der Waals surface area contributed by atoms with Gasteiger partial charge in [-0.2, -0.15) is 4.73 Å². The predicted molar refractivity (Wildman–Crippen MR) is 110 cm³/mol. The summed E-state index contributed by atoms with van der Waals surface area (Å²) in [4.78, 5) is 16.2.